The van der Waals surface area contributed by atoms with E-state index in [9.17, 15) is 13.9 Å². The maximum Gasteiger partial charge on any atom is 0.139 e. The van der Waals surface area contributed by atoms with Crippen molar-refractivity contribution < 1.29 is 13.9 Å². The van der Waals surface area contributed by atoms with Gasteiger partial charge < -0.3 is 5.11 Å². The van der Waals surface area contributed by atoms with Crippen LogP contribution in [0.4, 0.5) is 8.78 Å². The van der Waals surface area contributed by atoms with Gasteiger partial charge in [-0.2, -0.15) is 5.10 Å². The van der Waals surface area contributed by atoms with Crippen molar-refractivity contribution in [1.82, 2.24) is 5.01 Å². The first kappa shape index (κ1) is 19.2. The molecule has 148 valence electrons. The first-order valence-corrected chi connectivity index (χ1v) is 10.7. The second-order valence-electron chi connectivity index (χ2n) is 7.43. The summed E-state index contributed by atoms with van der Waals surface area (Å²) in [5.74, 6) is -0.802. The molecule has 0 bridgehead atoms. The van der Waals surface area contributed by atoms with Crippen LogP contribution in [0.1, 0.15) is 56.1 Å². The zero-order chi connectivity index (χ0) is 19.6. The molecular formula is C22H24F2N2OS. The van der Waals surface area contributed by atoms with E-state index in [1.807, 2.05) is 17.1 Å². The maximum absolute atomic E-state index is 14.0. The largest absolute Gasteiger partial charge is 0.508 e. The van der Waals surface area contributed by atoms with Gasteiger partial charge in [0, 0.05) is 24.1 Å². The van der Waals surface area contributed by atoms with Crippen LogP contribution in [0.25, 0.3) is 0 Å². The predicted molar refractivity (Wildman–Crippen MR) is 109 cm³/mol. The summed E-state index contributed by atoms with van der Waals surface area (Å²) in [5, 5.41) is 16.8. The van der Waals surface area contributed by atoms with Gasteiger partial charge in [-0.15, -0.1) is 0 Å². The van der Waals surface area contributed by atoms with Gasteiger partial charge in [0.05, 0.1) is 0 Å². The Bertz CT molecular complexity index is 873. The molecule has 1 saturated carbocycles. The van der Waals surface area contributed by atoms with Gasteiger partial charge in [-0.1, -0.05) is 68.5 Å². The molecule has 3 nitrogen and oxygen atoms in total. The van der Waals surface area contributed by atoms with Gasteiger partial charge in [-0.25, -0.2) is 8.78 Å². The van der Waals surface area contributed by atoms with E-state index in [4.69, 9.17) is 0 Å². The van der Waals surface area contributed by atoms with E-state index < -0.39 is 16.5 Å². The molecule has 2 fully saturated rings. The van der Waals surface area contributed by atoms with Crippen molar-refractivity contribution in [1.29, 1.82) is 0 Å². The molecule has 0 spiro atoms. The second kappa shape index (κ2) is 8.11. The summed E-state index contributed by atoms with van der Waals surface area (Å²) in [6, 6.07) is 10.4. The summed E-state index contributed by atoms with van der Waals surface area (Å²) in [6.45, 7) is 0.724. The van der Waals surface area contributed by atoms with Gasteiger partial charge in [0.2, 0.25) is 0 Å². The standard InChI is InChI=1S/C16H12F2N2OS.C6H12/c17-10-5-6-13(18)11(9-10)15-19-20-8-7-16(20,22-15)12-3-1-2-4-14(12)21;1-2-4-6-5-3-1/h1-6,9,21H,7-8H2;1-6H2. The van der Waals surface area contributed by atoms with Crippen molar-refractivity contribution in [2.45, 2.75) is 49.8 Å². The molecule has 28 heavy (non-hydrogen) atoms. The summed E-state index contributed by atoms with van der Waals surface area (Å²) >= 11 is 1.36. The average Bonchev–Trinajstić information content (AvgIpc) is 2.97. The monoisotopic (exact) mass is 402 g/mol. The van der Waals surface area contributed by atoms with Gasteiger partial charge in [0.15, 0.2) is 0 Å². The van der Waals surface area contributed by atoms with Crippen LogP contribution < -0.4 is 0 Å². The number of halogens is 2. The Morgan fingerprint density at radius 1 is 0.964 bits per heavy atom. The van der Waals surface area contributed by atoms with E-state index in [1.165, 1.54) is 50.3 Å². The molecule has 2 heterocycles. The molecule has 1 atom stereocenters. The number of thioether (sulfide) groups is 1. The van der Waals surface area contributed by atoms with Crippen molar-refractivity contribution in [3.05, 3.63) is 65.2 Å². The number of nitrogens with zero attached hydrogens (tertiary/aromatic N) is 2. The Morgan fingerprint density at radius 3 is 2.25 bits per heavy atom. The van der Waals surface area contributed by atoms with Crippen molar-refractivity contribution in [3.63, 3.8) is 0 Å². The quantitative estimate of drug-likeness (QED) is 0.671. The Labute approximate surface area is 168 Å². The van der Waals surface area contributed by atoms with Gasteiger partial charge >= 0.3 is 0 Å². The number of phenolic OH excluding ortho intramolecular Hbond substituents is 1. The number of aromatic hydroxyl groups is 1. The molecule has 0 amide bonds. The first-order chi connectivity index (χ1) is 13.6. The molecule has 0 radical (unpaired) electrons. The lowest BCUT2D eigenvalue weighted by Gasteiger charge is -2.46. The highest BCUT2D eigenvalue weighted by molar-refractivity contribution is 8.15. The summed E-state index contributed by atoms with van der Waals surface area (Å²) in [4.78, 5) is -0.514. The third kappa shape index (κ3) is 3.62. The van der Waals surface area contributed by atoms with Crippen LogP contribution in [0, 0.1) is 11.6 Å². The van der Waals surface area contributed by atoms with Crippen molar-refractivity contribution >= 4 is 16.8 Å². The molecule has 1 aliphatic carbocycles. The minimum atomic E-state index is -0.514. The highest BCUT2D eigenvalue weighted by atomic mass is 32.2. The average molecular weight is 403 g/mol. The Kier molecular flexibility index (Phi) is 5.58. The van der Waals surface area contributed by atoms with E-state index in [0.717, 1.165) is 36.7 Å². The summed E-state index contributed by atoms with van der Waals surface area (Å²) in [7, 11) is 0. The normalized spacial score (nSPS) is 23.2. The lowest BCUT2D eigenvalue weighted by atomic mass is 9.95. The van der Waals surface area contributed by atoms with Crippen LogP contribution in [-0.2, 0) is 4.87 Å². The van der Waals surface area contributed by atoms with E-state index in [2.05, 4.69) is 5.10 Å². The molecule has 5 rings (SSSR count). The fourth-order valence-electron chi connectivity index (χ4n) is 3.90. The molecule has 6 heteroatoms. The molecule has 2 aromatic carbocycles. The smallest absolute Gasteiger partial charge is 0.139 e. The lowest BCUT2D eigenvalue weighted by molar-refractivity contribution is 0.0685. The van der Waals surface area contributed by atoms with Crippen molar-refractivity contribution in [2.75, 3.05) is 6.54 Å². The highest BCUT2D eigenvalue weighted by Gasteiger charge is 2.53. The van der Waals surface area contributed by atoms with Crippen LogP contribution in [0.5, 0.6) is 5.75 Å². The number of para-hydroxylation sites is 1. The van der Waals surface area contributed by atoms with Crippen LogP contribution in [-0.4, -0.2) is 21.7 Å². The number of phenols is 1. The van der Waals surface area contributed by atoms with Crippen molar-refractivity contribution in [3.8, 4) is 5.75 Å². The summed E-state index contributed by atoms with van der Waals surface area (Å²) in [6.07, 6.45) is 9.79. The SMILES string of the molecule is C1CCCCC1.Oc1ccccc1C12CCN1N=C(c1cc(F)ccc1F)S2. The zero-order valence-electron chi connectivity index (χ0n) is 15.7. The maximum atomic E-state index is 14.0. The Morgan fingerprint density at radius 2 is 1.64 bits per heavy atom. The fraction of sp³-hybridized carbons (Fsp3) is 0.409. The van der Waals surface area contributed by atoms with E-state index in [1.54, 1.807) is 12.1 Å². The molecule has 1 N–H and O–H groups in total. The first-order valence-electron chi connectivity index (χ1n) is 9.89. The third-order valence-corrected chi connectivity index (χ3v) is 7.01. The number of fused-ring (bicyclic) bond motifs is 1. The van der Waals surface area contributed by atoms with Crippen LogP contribution >= 0.6 is 11.8 Å². The molecule has 2 aliphatic heterocycles. The number of hydrazone groups is 1. The molecule has 0 aromatic heterocycles. The zero-order valence-corrected chi connectivity index (χ0v) is 16.5. The van der Waals surface area contributed by atoms with Crippen LogP contribution in [0.2, 0.25) is 0 Å². The summed E-state index contributed by atoms with van der Waals surface area (Å²) < 4.78 is 27.4. The molecule has 1 unspecified atom stereocenters. The Hall–Kier alpha value is -2.08. The van der Waals surface area contributed by atoms with Crippen LogP contribution in [0.15, 0.2) is 47.6 Å². The van der Waals surface area contributed by atoms with Gasteiger partial charge in [-0.05, 0) is 24.3 Å². The highest BCUT2D eigenvalue weighted by Crippen LogP contribution is 2.57. The number of hydrogen-bond acceptors (Lipinski definition) is 4. The lowest BCUT2D eigenvalue weighted by Crippen LogP contribution is -2.49. The number of benzene rings is 2. The third-order valence-electron chi connectivity index (χ3n) is 5.54. The number of hydrogen-bond donors (Lipinski definition) is 1. The minimum absolute atomic E-state index is 0.161. The molecule has 2 aromatic rings. The van der Waals surface area contributed by atoms with Crippen molar-refractivity contribution in [2.24, 2.45) is 5.10 Å². The Balaban J connectivity index is 0.000000275. The molecule has 3 aliphatic rings. The van der Waals surface area contributed by atoms with Crippen LogP contribution in [0.3, 0.4) is 0 Å². The number of rotatable bonds is 2. The summed E-state index contributed by atoms with van der Waals surface area (Å²) in [5.41, 5.74) is 0.913. The van der Waals surface area contributed by atoms with Gasteiger partial charge in [-0.3, -0.25) is 5.01 Å². The molecular weight excluding hydrogens is 378 g/mol. The fourth-order valence-corrected chi connectivity index (χ4v) is 5.34. The van der Waals surface area contributed by atoms with E-state index in [0.29, 0.717) is 5.04 Å². The van der Waals surface area contributed by atoms with Gasteiger partial charge in [0.1, 0.15) is 27.3 Å². The predicted octanol–water partition coefficient (Wildman–Crippen LogP) is 5.98. The minimum Gasteiger partial charge on any atom is -0.508 e. The topological polar surface area (TPSA) is 35.8 Å². The second-order valence-corrected chi connectivity index (χ2v) is 8.69. The van der Waals surface area contributed by atoms with E-state index in [-0.39, 0.29) is 11.3 Å². The van der Waals surface area contributed by atoms with E-state index >= 15 is 0 Å². The molecule has 1 saturated heterocycles. The van der Waals surface area contributed by atoms with Gasteiger partial charge in [0.25, 0.3) is 0 Å².